The van der Waals surface area contributed by atoms with Crippen LogP contribution in [0.5, 0.6) is 0 Å². The lowest BCUT2D eigenvalue weighted by molar-refractivity contribution is -0.137. The fourth-order valence-electron chi connectivity index (χ4n) is 2.36. The smallest absolute Gasteiger partial charge is 0.303 e. The van der Waals surface area contributed by atoms with Crippen molar-refractivity contribution < 1.29 is 15.0 Å². The average molecular weight is 322 g/mol. The van der Waals surface area contributed by atoms with Crippen molar-refractivity contribution >= 4 is 5.97 Å². The van der Waals surface area contributed by atoms with Gasteiger partial charge in [0.05, 0.1) is 6.10 Å². The topological polar surface area (TPSA) is 57.5 Å². The van der Waals surface area contributed by atoms with Crippen molar-refractivity contribution in [2.24, 2.45) is 0 Å². The molecule has 0 aromatic carbocycles. The largest absolute Gasteiger partial charge is 0.481 e. The number of aliphatic hydroxyl groups excluding tert-OH is 1. The quantitative estimate of drug-likeness (QED) is 0.346. The van der Waals surface area contributed by atoms with Gasteiger partial charge in [-0.05, 0) is 31.4 Å². The summed E-state index contributed by atoms with van der Waals surface area (Å²) in [5, 5.41) is 18.2. The highest BCUT2D eigenvalue weighted by atomic mass is 16.4. The number of hydrogen-bond acceptors (Lipinski definition) is 2. The molecule has 1 atom stereocenters. The molecule has 3 nitrogen and oxygen atoms in total. The molecule has 0 aliphatic heterocycles. The van der Waals surface area contributed by atoms with E-state index in [0.29, 0.717) is 6.42 Å². The van der Waals surface area contributed by atoms with E-state index in [1.807, 2.05) is 0 Å². The summed E-state index contributed by atoms with van der Waals surface area (Å²) < 4.78 is 0. The van der Waals surface area contributed by atoms with Crippen LogP contribution in [0.2, 0.25) is 0 Å². The molecule has 0 aliphatic rings. The van der Waals surface area contributed by atoms with E-state index in [4.69, 9.17) is 5.11 Å². The summed E-state index contributed by atoms with van der Waals surface area (Å²) in [4.78, 5) is 10.3. The summed E-state index contributed by atoms with van der Waals surface area (Å²) in [5.41, 5.74) is 0. The van der Waals surface area contributed by atoms with E-state index in [0.717, 1.165) is 44.9 Å². The molecule has 3 heteroatoms. The standard InChI is InChI=1S/C20H34O3/c1-2-3-13-16-19(21)17-14-11-9-7-5-4-6-8-10-12-15-18-20(22)23/h14,17,19,21H,2-8,10,12-13,15-16,18H2,1H3,(H,22,23)/b17-14+/t19-/m0/s1. The number of unbranched alkanes of at least 4 members (excludes halogenated alkanes) is 9. The number of carboxylic acid groups (broad SMARTS) is 1. The van der Waals surface area contributed by atoms with Crippen LogP contribution in [-0.4, -0.2) is 22.3 Å². The lowest BCUT2D eigenvalue weighted by atomic mass is 10.1. The third-order valence-corrected chi connectivity index (χ3v) is 3.80. The van der Waals surface area contributed by atoms with Gasteiger partial charge < -0.3 is 10.2 Å². The molecule has 0 aromatic rings. The van der Waals surface area contributed by atoms with E-state index < -0.39 is 5.97 Å². The van der Waals surface area contributed by atoms with Gasteiger partial charge in [0.2, 0.25) is 0 Å². The molecule has 0 aromatic heterocycles. The van der Waals surface area contributed by atoms with Crippen LogP contribution in [0.1, 0.15) is 90.4 Å². The van der Waals surface area contributed by atoms with Crippen molar-refractivity contribution in [2.75, 3.05) is 0 Å². The molecule has 0 amide bonds. The number of aliphatic hydroxyl groups is 1. The van der Waals surface area contributed by atoms with Crippen LogP contribution < -0.4 is 0 Å². The molecule has 0 bridgehead atoms. The SMILES string of the molecule is CCCCC[C@H](O)/C=C/C#CCCCCCCCCCC(=O)O. The molecule has 0 saturated carbocycles. The van der Waals surface area contributed by atoms with Gasteiger partial charge in [-0.3, -0.25) is 4.79 Å². The predicted molar refractivity (Wildman–Crippen MR) is 96.3 cm³/mol. The maximum absolute atomic E-state index is 10.3. The Morgan fingerprint density at radius 3 is 2.30 bits per heavy atom. The Bertz CT molecular complexity index is 363. The maximum Gasteiger partial charge on any atom is 0.303 e. The maximum atomic E-state index is 10.3. The molecule has 0 unspecified atom stereocenters. The Balaban J connectivity index is 3.36. The summed E-state index contributed by atoms with van der Waals surface area (Å²) >= 11 is 0. The van der Waals surface area contributed by atoms with E-state index in [1.54, 1.807) is 12.2 Å². The van der Waals surface area contributed by atoms with Crippen LogP contribution in [0, 0.1) is 11.8 Å². The first-order chi connectivity index (χ1) is 11.2. The van der Waals surface area contributed by atoms with E-state index in [-0.39, 0.29) is 6.10 Å². The summed E-state index contributed by atoms with van der Waals surface area (Å²) in [6.45, 7) is 2.16. The highest BCUT2D eigenvalue weighted by Gasteiger charge is 1.97. The molecule has 132 valence electrons. The number of hydrogen-bond donors (Lipinski definition) is 2. The predicted octanol–water partition coefficient (Wildman–Crippen LogP) is 5.08. The lowest BCUT2D eigenvalue weighted by Gasteiger charge is -2.02. The van der Waals surface area contributed by atoms with E-state index >= 15 is 0 Å². The van der Waals surface area contributed by atoms with Crippen molar-refractivity contribution in [3.05, 3.63) is 12.2 Å². The Kier molecular flexibility index (Phi) is 16.1. The molecule has 23 heavy (non-hydrogen) atoms. The van der Waals surface area contributed by atoms with Gasteiger partial charge in [-0.1, -0.05) is 70.1 Å². The van der Waals surface area contributed by atoms with Gasteiger partial charge in [-0.2, -0.15) is 0 Å². The number of carbonyl (C=O) groups is 1. The van der Waals surface area contributed by atoms with E-state index in [9.17, 15) is 9.90 Å². The number of carboxylic acids is 1. The molecule has 0 radical (unpaired) electrons. The van der Waals surface area contributed by atoms with Gasteiger partial charge in [0.1, 0.15) is 0 Å². The molecular formula is C20H34O3. The Labute approximate surface area is 142 Å². The fraction of sp³-hybridized carbons (Fsp3) is 0.750. The zero-order valence-electron chi connectivity index (χ0n) is 14.7. The third-order valence-electron chi connectivity index (χ3n) is 3.80. The van der Waals surface area contributed by atoms with Crippen LogP contribution in [0.3, 0.4) is 0 Å². The second-order valence-electron chi connectivity index (χ2n) is 6.11. The lowest BCUT2D eigenvalue weighted by Crippen LogP contribution is -2.00. The monoisotopic (exact) mass is 322 g/mol. The van der Waals surface area contributed by atoms with Crippen molar-refractivity contribution in [3.63, 3.8) is 0 Å². The Morgan fingerprint density at radius 1 is 1.00 bits per heavy atom. The second-order valence-corrected chi connectivity index (χ2v) is 6.11. The number of allylic oxidation sites excluding steroid dienone is 1. The van der Waals surface area contributed by atoms with E-state index in [1.165, 1.54) is 32.1 Å². The summed E-state index contributed by atoms with van der Waals surface area (Å²) in [7, 11) is 0. The van der Waals surface area contributed by atoms with Crippen LogP contribution in [-0.2, 0) is 4.79 Å². The number of aliphatic carboxylic acids is 1. The van der Waals surface area contributed by atoms with Crippen molar-refractivity contribution in [1.82, 2.24) is 0 Å². The van der Waals surface area contributed by atoms with Gasteiger partial charge in [-0.15, -0.1) is 0 Å². The van der Waals surface area contributed by atoms with Gasteiger partial charge >= 0.3 is 5.97 Å². The number of rotatable bonds is 14. The minimum Gasteiger partial charge on any atom is -0.481 e. The molecule has 0 spiro atoms. The molecule has 2 N–H and O–H groups in total. The molecule has 0 aliphatic carbocycles. The van der Waals surface area contributed by atoms with Crippen LogP contribution in [0.25, 0.3) is 0 Å². The van der Waals surface area contributed by atoms with Crippen molar-refractivity contribution in [3.8, 4) is 11.8 Å². The zero-order valence-corrected chi connectivity index (χ0v) is 14.7. The summed E-state index contributed by atoms with van der Waals surface area (Å²) in [5.74, 6) is 5.42. The van der Waals surface area contributed by atoms with Crippen LogP contribution in [0.4, 0.5) is 0 Å². The molecule has 0 saturated heterocycles. The average Bonchev–Trinajstić information content (AvgIpc) is 2.51. The Hall–Kier alpha value is -1.27. The van der Waals surface area contributed by atoms with Gasteiger partial charge in [0.25, 0.3) is 0 Å². The summed E-state index contributed by atoms with van der Waals surface area (Å²) in [6, 6.07) is 0. The first kappa shape index (κ1) is 21.7. The molecule has 0 fully saturated rings. The second kappa shape index (κ2) is 17.1. The first-order valence-electron chi connectivity index (χ1n) is 9.21. The van der Waals surface area contributed by atoms with Crippen molar-refractivity contribution in [1.29, 1.82) is 0 Å². The summed E-state index contributed by atoms with van der Waals surface area (Å²) in [6.07, 6.45) is 16.4. The molecular weight excluding hydrogens is 288 g/mol. The first-order valence-corrected chi connectivity index (χ1v) is 9.21. The molecule has 0 rings (SSSR count). The van der Waals surface area contributed by atoms with Crippen molar-refractivity contribution in [2.45, 2.75) is 96.5 Å². The fourth-order valence-corrected chi connectivity index (χ4v) is 2.36. The van der Waals surface area contributed by atoms with Gasteiger partial charge in [0, 0.05) is 12.8 Å². The zero-order chi connectivity index (χ0) is 17.2. The highest BCUT2D eigenvalue weighted by molar-refractivity contribution is 5.66. The minimum atomic E-state index is -0.689. The Morgan fingerprint density at radius 2 is 1.65 bits per heavy atom. The van der Waals surface area contributed by atoms with Gasteiger partial charge in [0.15, 0.2) is 0 Å². The third kappa shape index (κ3) is 18.7. The van der Waals surface area contributed by atoms with Crippen LogP contribution >= 0.6 is 0 Å². The van der Waals surface area contributed by atoms with Crippen LogP contribution in [0.15, 0.2) is 12.2 Å². The van der Waals surface area contributed by atoms with Gasteiger partial charge in [-0.25, -0.2) is 0 Å². The highest BCUT2D eigenvalue weighted by Crippen LogP contribution is 2.09. The minimum absolute atomic E-state index is 0.302. The van der Waals surface area contributed by atoms with E-state index in [2.05, 4.69) is 18.8 Å². The molecule has 0 heterocycles. The normalized spacial score (nSPS) is 12.1.